The second kappa shape index (κ2) is 6.76. The summed E-state index contributed by atoms with van der Waals surface area (Å²) in [5.41, 5.74) is 0.0737. The molecule has 0 radical (unpaired) electrons. The van der Waals surface area contributed by atoms with Gasteiger partial charge < -0.3 is 9.30 Å². The number of nitrogens with zero attached hydrogens (tertiary/aromatic N) is 3. The highest BCUT2D eigenvalue weighted by molar-refractivity contribution is 6.09. The normalized spacial score (nSPS) is 16.5. The molecule has 1 aliphatic rings. The molecule has 27 heavy (non-hydrogen) atoms. The highest BCUT2D eigenvalue weighted by Gasteiger charge is 2.36. The van der Waals surface area contributed by atoms with E-state index in [2.05, 4.69) is 9.88 Å². The first-order valence-corrected chi connectivity index (χ1v) is 8.80. The lowest BCUT2D eigenvalue weighted by Crippen LogP contribution is -2.38. The average Bonchev–Trinajstić information content (AvgIpc) is 2.93. The van der Waals surface area contributed by atoms with Crippen LogP contribution in [0, 0.1) is 12.7 Å². The molecule has 1 aliphatic heterocycles. The van der Waals surface area contributed by atoms with Crippen molar-refractivity contribution in [1.82, 2.24) is 14.5 Å². The zero-order chi connectivity index (χ0) is 19.2. The van der Waals surface area contributed by atoms with Gasteiger partial charge in [0, 0.05) is 48.7 Å². The van der Waals surface area contributed by atoms with E-state index in [1.807, 2.05) is 0 Å². The fourth-order valence-corrected chi connectivity index (χ4v) is 3.68. The van der Waals surface area contributed by atoms with Crippen molar-refractivity contribution >= 4 is 21.8 Å². The van der Waals surface area contributed by atoms with E-state index in [4.69, 9.17) is 4.74 Å². The first-order chi connectivity index (χ1) is 12.9. The SMILES string of the molecule is Cc1cc2c(cc1F)c1ccnc(C(F)(F)F)c1n2CCN1CCOCC1. The number of halogens is 4. The predicted molar refractivity (Wildman–Crippen MR) is 94.2 cm³/mol. The largest absolute Gasteiger partial charge is 0.435 e. The van der Waals surface area contributed by atoms with Crippen LogP contribution in [0.25, 0.3) is 21.8 Å². The van der Waals surface area contributed by atoms with E-state index in [9.17, 15) is 17.6 Å². The van der Waals surface area contributed by atoms with Crippen LogP contribution in [-0.4, -0.2) is 47.3 Å². The molecule has 1 saturated heterocycles. The highest BCUT2D eigenvalue weighted by Crippen LogP contribution is 2.38. The van der Waals surface area contributed by atoms with Gasteiger partial charge in [0.2, 0.25) is 0 Å². The van der Waals surface area contributed by atoms with Crippen molar-refractivity contribution < 1.29 is 22.3 Å². The second-order valence-electron chi connectivity index (χ2n) is 6.78. The van der Waals surface area contributed by atoms with E-state index in [-0.39, 0.29) is 5.52 Å². The molecule has 2 aromatic heterocycles. The van der Waals surface area contributed by atoms with Crippen LogP contribution in [0.4, 0.5) is 17.6 Å². The minimum atomic E-state index is -4.59. The summed E-state index contributed by atoms with van der Waals surface area (Å²) in [5, 5.41) is 0.844. The minimum absolute atomic E-state index is 0.0123. The fraction of sp³-hybridized carbons (Fsp3) is 0.421. The van der Waals surface area contributed by atoms with Gasteiger partial charge in [0.15, 0.2) is 5.69 Å². The molecule has 3 heterocycles. The van der Waals surface area contributed by atoms with E-state index < -0.39 is 17.7 Å². The fourth-order valence-electron chi connectivity index (χ4n) is 3.68. The number of morpholine rings is 1. The molecule has 0 spiro atoms. The minimum Gasteiger partial charge on any atom is -0.379 e. The summed E-state index contributed by atoms with van der Waals surface area (Å²) in [6, 6.07) is 4.45. The van der Waals surface area contributed by atoms with Crippen molar-refractivity contribution in [2.45, 2.75) is 19.6 Å². The predicted octanol–water partition coefficient (Wildman–Crippen LogP) is 3.99. The highest BCUT2D eigenvalue weighted by atomic mass is 19.4. The summed E-state index contributed by atoms with van der Waals surface area (Å²) in [4.78, 5) is 5.75. The quantitative estimate of drug-likeness (QED) is 0.643. The number of fused-ring (bicyclic) bond motifs is 3. The Kier molecular flexibility index (Phi) is 4.55. The summed E-state index contributed by atoms with van der Waals surface area (Å²) < 4.78 is 61.9. The topological polar surface area (TPSA) is 30.3 Å². The number of rotatable bonds is 3. The molecule has 144 valence electrons. The van der Waals surface area contributed by atoms with Crippen molar-refractivity contribution in [2.75, 3.05) is 32.8 Å². The Morgan fingerprint density at radius 2 is 1.85 bits per heavy atom. The van der Waals surface area contributed by atoms with Crippen LogP contribution in [0.1, 0.15) is 11.3 Å². The van der Waals surface area contributed by atoms with Crippen LogP contribution in [0.5, 0.6) is 0 Å². The number of aromatic nitrogens is 2. The molecule has 0 unspecified atom stereocenters. The lowest BCUT2D eigenvalue weighted by atomic mass is 10.1. The van der Waals surface area contributed by atoms with E-state index in [1.165, 1.54) is 12.1 Å². The molecule has 0 amide bonds. The summed E-state index contributed by atoms with van der Waals surface area (Å²) in [5.74, 6) is -0.430. The third-order valence-electron chi connectivity index (χ3n) is 5.06. The van der Waals surface area contributed by atoms with Gasteiger partial charge in [-0.15, -0.1) is 0 Å². The zero-order valence-electron chi connectivity index (χ0n) is 14.8. The molecular weight excluding hydrogens is 362 g/mol. The summed E-state index contributed by atoms with van der Waals surface area (Å²) in [6.45, 7) is 5.29. The van der Waals surface area contributed by atoms with Crippen LogP contribution < -0.4 is 0 Å². The molecule has 8 heteroatoms. The van der Waals surface area contributed by atoms with Gasteiger partial charge in [0.1, 0.15) is 5.82 Å². The molecule has 1 fully saturated rings. The molecule has 4 nitrogen and oxygen atoms in total. The van der Waals surface area contributed by atoms with E-state index in [1.54, 1.807) is 17.6 Å². The van der Waals surface area contributed by atoms with Gasteiger partial charge in [-0.25, -0.2) is 9.37 Å². The number of pyridine rings is 1. The number of benzene rings is 1. The van der Waals surface area contributed by atoms with Gasteiger partial charge >= 0.3 is 6.18 Å². The van der Waals surface area contributed by atoms with Crippen molar-refractivity contribution in [3.8, 4) is 0 Å². The Bertz CT molecular complexity index is 990. The lowest BCUT2D eigenvalue weighted by molar-refractivity contribution is -0.140. The van der Waals surface area contributed by atoms with Crippen LogP contribution >= 0.6 is 0 Å². The third kappa shape index (κ3) is 3.27. The second-order valence-corrected chi connectivity index (χ2v) is 6.78. The van der Waals surface area contributed by atoms with Gasteiger partial charge in [-0.3, -0.25) is 4.90 Å². The maximum atomic E-state index is 14.1. The van der Waals surface area contributed by atoms with Crippen LogP contribution in [-0.2, 0) is 17.5 Å². The zero-order valence-corrected chi connectivity index (χ0v) is 14.8. The maximum absolute atomic E-state index is 14.1. The van der Waals surface area contributed by atoms with Crippen molar-refractivity contribution in [3.05, 3.63) is 41.5 Å². The Hall–Kier alpha value is -2.19. The Balaban J connectivity index is 1.90. The van der Waals surface area contributed by atoms with Gasteiger partial charge in [-0.2, -0.15) is 13.2 Å². The molecule has 0 atom stereocenters. The molecule has 0 N–H and O–H groups in total. The summed E-state index contributed by atoms with van der Waals surface area (Å²) in [7, 11) is 0. The van der Waals surface area contributed by atoms with Gasteiger partial charge in [0.05, 0.1) is 18.7 Å². The number of aryl methyl sites for hydroxylation is 1. The van der Waals surface area contributed by atoms with Crippen LogP contribution in [0.15, 0.2) is 24.4 Å². The van der Waals surface area contributed by atoms with Gasteiger partial charge in [-0.1, -0.05) is 0 Å². The molecule has 0 saturated carbocycles. The van der Waals surface area contributed by atoms with Crippen LogP contribution in [0.3, 0.4) is 0 Å². The van der Waals surface area contributed by atoms with Crippen molar-refractivity contribution in [2.24, 2.45) is 0 Å². The third-order valence-corrected chi connectivity index (χ3v) is 5.06. The smallest absolute Gasteiger partial charge is 0.379 e. The van der Waals surface area contributed by atoms with Crippen molar-refractivity contribution in [3.63, 3.8) is 0 Å². The Labute approximate surface area is 153 Å². The molecular formula is C19H19F4N3O. The first-order valence-electron chi connectivity index (χ1n) is 8.80. The van der Waals surface area contributed by atoms with E-state index in [0.29, 0.717) is 48.2 Å². The average molecular weight is 381 g/mol. The Morgan fingerprint density at radius 3 is 2.56 bits per heavy atom. The Morgan fingerprint density at radius 1 is 1.11 bits per heavy atom. The van der Waals surface area contributed by atoms with Gasteiger partial charge in [0.25, 0.3) is 0 Å². The van der Waals surface area contributed by atoms with Gasteiger partial charge in [-0.05, 0) is 30.7 Å². The van der Waals surface area contributed by atoms with Crippen LogP contribution in [0.2, 0.25) is 0 Å². The van der Waals surface area contributed by atoms with Crippen molar-refractivity contribution in [1.29, 1.82) is 0 Å². The number of ether oxygens (including phenoxy) is 1. The van der Waals surface area contributed by atoms with E-state index in [0.717, 1.165) is 19.3 Å². The monoisotopic (exact) mass is 381 g/mol. The van der Waals surface area contributed by atoms with E-state index >= 15 is 0 Å². The molecule has 0 aliphatic carbocycles. The molecule has 3 aromatic rings. The number of alkyl halides is 3. The number of hydrogen-bond acceptors (Lipinski definition) is 3. The molecule has 1 aromatic carbocycles. The summed E-state index contributed by atoms with van der Waals surface area (Å²) >= 11 is 0. The lowest BCUT2D eigenvalue weighted by Gasteiger charge is -2.27. The molecule has 4 rings (SSSR count). The standard InChI is InChI=1S/C19H19F4N3O/c1-12-10-16-14(11-15(12)20)13-2-3-24-18(19(21,22)23)17(13)26(16)5-4-25-6-8-27-9-7-25/h2-3,10-11H,4-9H2,1H3. The first kappa shape index (κ1) is 18.2. The maximum Gasteiger partial charge on any atom is 0.435 e. The number of hydrogen-bond donors (Lipinski definition) is 0. The summed E-state index contributed by atoms with van der Waals surface area (Å²) in [6.07, 6.45) is -3.45. The molecule has 0 bridgehead atoms.